The lowest BCUT2D eigenvalue weighted by atomic mass is 10.1. The molecule has 2 aromatic rings. The standard InChI is InChI=1S/C14H15NO2S/c1-10(16)7-12-3-5-14(6-4-12)17-8-13-9-18-11(2)15-13/h3-6,9H,7-8H2,1-2H3. The van der Waals surface area contributed by atoms with Crippen molar-refractivity contribution in [3.05, 3.63) is 45.9 Å². The van der Waals surface area contributed by atoms with Crippen molar-refractivity contribution < 1.29 is 9.53 Å². The molecule has 0 radical (unpaired) electrons. The fourth-order valence-corrected chi connectivity index (χ4v) is 2.22. The molecule has 0 unspecified atom stereocenters. The Morgan fingerprint density at radius 2 is 2.06 bits per heavy atom. The Morgan fingerprint density at radius 1 is 1.33 bits per heavy atom. The Balaban J connectivity index is 1.92. The van der Waals surface area contributed by atoms with Crippen molar-refractivity contribution in [1.82, 2.24) is 4.98 Å². The maximum Gasteiger partial charge on any atom is 0.134 e. The second kappa shape index (κ2) is 5.78. The van der Waals surface area contributed by atoms with Gasteiger partial charge in [0, 0.05) is 11.8 Å². The van der Waals surface area contributed by atoms with Crippen LogP contribution >= 0.6 is 11.3 Å². The van der Waals surface area contributed by atoms with Crippen molar-refractivity contribution in [2.45, 2.75) is 26.9 Å². The van der Waals surface area contributed by atoms with Crippen LogP contribution in [0, 0.1) is 6.92 Å². The molecule has 3 nitrogen and oxygen atoms in total. The van der Waals surface area contributed by atoms with Gasteiger partial charge in [-0.3, -0.25) is 4.79 Å². The predicted molar refractivity (Wildman–Crippen MR) is 72.0 cm³/mol. The largest absolute Gasteiger partial charge is 0.487 e. The molecule has 1 heterocycles. The number of carbonyl (C=O) groups is 1. The summed E-state index contributed by atoms with van der Waals surface area (Å²) in [6.07, 6.45) is 0.478. The fraction of sp³-hybridized carbons (Fsp3) is 0.286. The van der Waals surface area contributed by atoms with E-state index < -0.39 is 0 Å². The van der Waals surface area contributed by atoms with Gasteiger partial charge in [-0.15, -0.1) is 11.3 Å². The van der Waals surface area contributed by atoms with Crippen molar-refractivity contribution in [1.29, 1.82) is 0 Å². The molecular weight excluding hydrogens is 246 g/mol. The summed E-state index contributed by atoms with van der Waals surface area (Å²) in [5.74, 6) is 0.967. The summed E-state index contributed by atoms with van der Waals surface area (Å²) in [6, 6.07) is 7.61. The maximum absolute atomic E-state index is 11.0. The van der Waals surface area contributed by atoms with Crippen LogP contribution in [0.15, 0.2) is 29.6 Å². The van der Waals surface area contributed by atoms with Gasteiger partial charge in [0.25, 0.3) is 0 Å². The van der Waals surface area contributed by atoms with E-state index in [4.69, 9.17) is 4.74 Å². The number of benzene rings is 1. The highest BCUT2D eigenvalue weighted by molar-refractivity contribution is 7.09. The van der Waals surface area contributed by atoms with Gasteiger partial charge >= 0.3 is 0 Å². The smallest absolute Gasteiger partial charge is 0.134 e. The second-order valence-corrected chi connectivity index (χ2v) is 5.23. The zero-order valence-electron chi connectivity index (χ0n) is 10.5. The number of hydrogen-bond donors (Lipinski definition) is 0. The third kappa shape index (κ3) is 3.67. The number of hydrogen-bond acceptors (Lipinski definition) is 4. The third-order valence-electron chi connectivity index (χ3n) is 2.43. The maximum atomic E-state index is 11.0. The number of aromatic nitrogens is 1. The first-order valence-corrected chi connectivity index (χ1v) is 6.63. The second-order valence-electron chi connectivity index (χ2n) is 4.17. The van der Waals surface area contributed by atoms with E-state index in [1.807, 2.05) is 36.6 Å². The number of ether oxygens (including phenoxy) is 1. The molecule has 0 aliphatic carbocycles. The van der Waals surface area contributed by atoms with Crippen molar-refractivity contribution in [3.63, 3.8) is 0 Å². The average Bonchev–Trinajstić information content (AvgIpc) is 2.74. The van der Waals surface area contributed by atoms with Crippen LogP contribution in [0.3, 0.4) is 0 Å². The van der Waals surface area contributed by atoms with E-state index in [0.717, 1.165) is 22.0 Å². The topological polar surface area (TPSA) is 39.2 Å². The number of ketones is 1. The Labute approximate surface area is 110 Å². The van der Waals surface area contributed by atoms with Crippen molar-refractivity contribution >= 4 is 17.1 Å². The normalized spacial score (nSPS) is 10.3. The van der Waals surface area contributed by atoms with E-state index in [1.165, 1.54) is 0 Å². The van der Waals surface area contributed by atoms with E-state index in [2.05, 4.69) is 4.98 Å². The van der Waals surface area contributed by atoms with Crippen LogP contribution in [0.5, 0.6) is 5.75 Å². The number of rotatable bonds is 5. The molecule has 0 amide bonds. The van der Waals surface area contributed by atoms with Gasteiger partial charge in [-0.2, -0.15) is 0 Å². The van der Waals surface area contributed by atoms with Crippen LogP contribution in [0.4, 0.5) is 0 Å². The van der Waals surface area contributed by atoms with Gasteiger partial charge in [-0.25, -0.2) is 4.98 Å². The molecule has 1 aromatic carbocycles. The van der Waals surface area contributed by atoms with Gasteiger partial charge in [0.05, 0.1) is 10.7 Å². The molecule has 1 aromatic heterocycles. The van der Waals surface area contributed by atoms with Gasteiger partial charge < -0.3 is 4.74 Å². The third-order valence-corrected chi connectivity index (χ3v) is 3.25. The van der Waals surface area contributed by atoms with Crippen molar-refractivity contribution in [2.75, 3.05) is 0 Å². The number of carbonyl (C=O) groups excluding carboxylic acids is 1. The van der Waals surface area contributed by atoms with Gasteiger partial charge in [0.15, 0.2) is 0 Å². The van der Waals surface area contributed by atoms with Gasteiger partial charge in [0.1, 0.15) is 18.1 Å². The number of thiazole rings is 1. The van der Waals surface area contributed by atoms with E-state index in [1.54, 1.807) is 18.3 Å². The Kier molecular flexibility index (Phi) is 4.10. The zero-order chi connectivity index (χ0) is 13.0. The van der Waals surface area contributed by atoms with Gasteiger partial charge in [-0.05, 0) is 31.5 Å². The van der Waals surface area contributed by atoms with E-state index in [-0.39, 0.29) is 5.78 Å². The zero-order valence-corrected chi connectivity index (χ0v) is 11.3. The summed E-state index contributed by atoms with van der Waals surface area (Å²) >= 11 is 1.62. The molecular formula is C14H15NO2S. The Bertz CT molecular complexity index is 531. The number of nitrogens with zero attached hydrogens (tertiary/aromatic N) is 1. The lowest BCUT2D eigenvalue weighted by molar-refractivity contribution is -0.116. The predicted octanol–water partition coefficient (Wildman–Crippen LogP) is 3.16. The monoisotopic (exact) mass is 261 g/mol. The van der Waals surface area contributed by atoms with Crippen LogP contribution in [0.2, 0.25) is 0 Å². The summed E-state index contributed by atoms with van der Waals surface area (Å²) in [5, 5.41) is 3.05. The molecule has 0 N–H and O–H groups in total. The summed E-state index contributed by atoms with van der Waals surface area (Å²) < 4.78 is 5.62. The summed E-state index contributed by atoms with van der Waals surface area (Å²) in [7, 11) is 0. The quantitative estimate of drug-likeness (QED) is 0.830. The highest BCUT2D eigenvalue weighted by Crippen LogP contribution is 2.15. The van der Waals surface area contributed by atoms with Gasteiger partial charge in [-0.1, -0.05) is 12.1 Å². The highest BCUT2D eigenvalue weighted by Gasteiger charge is 2.01. The summed E-state index contributed by atoms with van der Waals surface area (Å²) in [6.45, 7) is 4.05. The summed E-state index contributed by atoms with van der Waals surface area (Å²) in [4.78, 5) is 15.3. The van der Waals surface area contributed by atoms with Crippen molar-refractivity contribution in [3.8, 4) is 5.75 Å². The minimum Gasteiger partial charge on any atom is -0.487 e. The molecule has 0 aliphatic heterocycles. The molecule has 0 bridgehead atoms. The molecule has 0 spiro atoms. The van der Waals surface area contributed by atoms with Crippen LogP contribution < -0.4 is 4.74 Å². The molecule has 2 rings (SSSR count). The first-order chi connectivity index (χ1) is 8.63. The minimum atomic E-state index is 0.168. The van der Waals surface area contributed by atoms with Crippen LogP contribution in [0.25, 0.3) is 0 Å². The lowest BCUT2D eigenvalue weighted by Gasteiger charge is -2.05. The molecule has 0 saturated carbocycles. The summed E-state index contributed by atoms with van der Waals surface area (Å²) in [5.41, 5.74) is 1.96. The van der Waals surface area contributed by atoms with Crippen molar-refractivity contribution in [2.24, 2.45) is 0 Å². The number of Topliss-reactive ketones (excluding diaryl/α,β-unsaturated/α-hetero) is 1. The average molecular weight is 261 g/mol. The van der Waals surface area contributed by atoms with Crippen LogP contribution in [-0.4, -0.2) is 10.8 Å². The lowest BCUT2D eigenvalue weighted by Crippen LogP contribution is -1.98. The molecule has 0 atom stereocenters. The molecule has 18 heavy (non-hydrogen) atoms. The molecule has 0 fully saturated rings. The SMILES string of the molecule is CC(=O)Cc1ccc(OCc2csc(C)n2)cc1. The fourth-order valence-electron chi connectivity index (χ4n) is 1.62. The Morgan fingerprint density at radius 3 is 2.61 bits per heavy atom. The highest BCUT2D eigenvalue weighted by atomic mass is 32.1. The van der Waals surface area contributed by atoms with Crippen LogP contribution in [-0.2, 0) is 17.8 Å². The minimum absolute atomic E-state index is 0.168. The van der Waals surface area contributed by atoms with E-state index >= 15 is 0 Å². The molecule has 0 saturated heterocycles. The number of aryl methyl sites for hydroxylation is 1. The van der Waals surface area contributed by atoms with Gasteiger partial charge in [0.2, 0.25) is 0 Å². The van der Waals surface area contributed by atoms with E-state index in [9.17, 15) is 4.79 Å². The molecule has 4 heteroatoms. The first-order valence-electron chi connectivity index (χ1n) is 5.75. The molecule has 0 aliphatic rings. The van der Waals surface area contributed by atoms with Crippen LogP contribution in [0.1, 0.15) is 23.2 Å². The molecule has 94 valence electrons. The van der Waals surface area contributed by atoms with E-state index in [0.29, 0.717) is 13.0 Å². The first kappa shape index (κ1) is 12.8. The Hall–Kier alpha value is -1.68.